The molecule has 0 heterocycles. The van der Waals surface area contributed by atoms with Crippen LogP contribution in [0.15, 0.2) is 18.2 Å². The maximum absolute atomic E-state index is 13.0. The fraction of sp³-hybridized carbons (Fsp3) is 0.500. The van der Waals surface area contributed by atoms with E-state index in [2.05, 4.69) is 0 Å². The number of hydrogen-bond acceptors (Lipinski definition) is 4. The van der Waals surface area contributed by atoms with Crippen molar-refractivity contribution in [2.75, 3.05) is 18.9 Å². The monoisotopic (exact) mass is 269 g/mol. The third kappa shape index (κ3) is 6.08. The van der Waals surface area contributed by atoms with E-state index >= 15 is 0 Å². The van der Waals surface area contributed by atoms with Crippen molar-refractivity contribution in [2.24, 2.45) is 0 Å². The van der Waals surface area contributed by atoms with Crippen molar-refractivity contribution in [1.82, 2.24) is 0 Å². The van der Waals surface area contributed by atoms with Crippen LogP contribution in [0.2, 0.25) is 0 Å². The molecule has 0 saturated heterocycles. The van der Waals surface area contributed by atoms with Crippen LogP contribution in [0.25, 0.3) is 0 Å². The van der Waals surface area contributed by atoms with E-state index in [4.69, 9.17) is 15.2 Å². The van der Waals surface area contributed by atoms with Crippen LogP contribution in [0.1, 0.15) is 32.6 Å². The lowest BCUT2D eigenvalue weighted by Crippen LogP contribution is -2.04. The first-order valence-electron chi connectivity index (χ1n) is 6.47. The third-order valence-electron chi connectivity index (χ3n) is 2.56. The van der Waals surface area contributed by atoms with Crippen molar-refractivity contribution in [1.29, 1.82) is 0 Å². The van der Waals surface area contributed by atoms with Gasteiger partial charge in [0.05, 0.1) is 18.9 Å². The molecule has 106 valence electrons. The zero-order chi connectivity index (χ0) is 14.1. The van der Waals surface area contributed by atoms with Gasteiger partial charge in [0.25, 0.3) is 0 Å². The van der Waals surface area contributed by atoms with Crippen molar-refractivity contribution < 1.29 is 18.7 Å². The van der Waals surface area contributed by atoms with Crippen LogP contribution in [0.4, 0.5) is 10.1 Å². The lowest BCUT2D eigenvalue weighted by atomic mass is 10.2. The maximum atomic E-state index is 13.0. The zero-order valence-electron chi connectivity index (χ0n) is 11.2. The number of hydrogen-bond donors (Lipinski definition) is 1. The molecule has 1 aromatic rings. The molecule has 0 atom stereocenters. The Morgan fingerprint density at radius 2 is 2.11 bits per heavy atom. The van der Waals surface area contributed by atoms with Crippen LogP contribution < -0.4 is 10.5 Å². The van der Waals surface area contributed by atoms with Gasteiger partial charge in [-0.3, -0.25) is 4.79 Å². The highest BCUT2D eigenvalue weighted by atomic mass is 19.1. The smallest absolute Gasteiger partial charge is 0.305 e. The predicted octanol–water partition coefficient (Wildman–Crippen LogP) is 2.91. The van der Waals surface area contributed by atoms with Gasteiger partial charge in [0, 0.05) is 12.5 Å². The molecule has 0 spiro atoms. The minimum Gasteiger partial charge on any atom is -0.491 e. The topological polar surface area (TPSA) is 61.5 Å². The first-order chi connectivity index (χ1) is 9.13. The molecule has 0 radical (unpaired) electrons. The molecule has 0 fully saturated rings. The largest absolute Gasteiger partial charge is 0.491 e. The van der Waals surface area contributed by atoms with Gasteiger partial charge >= 0.3 is 5.97 Å². The summed E-state index contributed by atoms with van der Waals surface area (Å²) in [6, 6.07) is 4.04. The molecular weight excluding hydrogens is 249 g/mol. The highest BCUT2D eigenvalue weighted by Crippen LogP contribution is 2.22. The summed E-state index contributed by atoms with van der Waals surface area (Å²) in [5.74, 6) is -0.172. The number of nitrogen functional groups attached to an aromatic ring is 1. The van der Waals surface area contributed by atoms with Crippen LogP contribution in [-0.2, 0) is 9.53 Å². The summed E-state index contributed by atoms with van der Waals surface area (Å²) < 4.78 is 23.2. The zero-order valence-corrected chi connectivity index (χ0v) is 11.2. The Labute approximate surface area is 112 Å². The van der Waals surface area contributed by atoms with Gasteiger partial charge in [-0.05, 0) is 38.3 Å². The van der Waals surface area contributed by atoms with E-state index in [1.165, 1.54) is 18.2 Å². The average Bonchev–Trinajstić information content (AvgIpc) is 2.38. The Morgan fingerprint density at radius 3 is 2.84 bits per heavy atom. The molecule has 0 aromatic heterocycles. The van der Waals surface area contributed by atoms with Crippen molar-refractivity contribution >= 4 is 11.7 Å². The maximum Gasteiger partial charge on any atom is 0.305 e. The second kappa shape index (κ2) is 8.34. The molecule has 0 amide bonds. The summed E-state index contributed by atoms with van der Waals surface area (Å²) in [4.78, 5) is 11.1. The van der Waals surface area contributed by atoms with Crippen LogP contribution in [0.3, 0.4) is 0 Å². The number of halogens is 1. The third-order valence-corrected chi connectivity index (χ3v) is 2.56. The molecule has 0 aliphatic heterocycles. The predicted molar refractivity (Wildman–Crippen MR) is 71.4 cm³/mol. The normalized spacial score (nSPS) is 10.2. The Bertz CT molecular complexity index is 410. The molecule has 0 aliphatic carbocycles. The number of carbonyl (C=O) groups is 1. The molecule has 2 N–H and O–H groups in total. The summed E-state index contributed by atoms with van der Waals surface area (Å²) in [6.45, 7) is 2.66. The summed E-state index contributed by atoms with van der Waals surface area (Å²) >= 11 is 0. The highest BCUT2D eigenvalue weighted by Gasteiger charge is 2.03. The number of nitrogens with two attached hydrogens (primary N) is 1. The molecule has 1 rings (SSSR count). The van der Waals surface area contributed by atoms with E-state index in [1.807, 2.05) is 0 Å². The molecule has 0 saturated carbocycles. The Morgan fingerprint density at radius 1 is 1.32 bits per heavy atom. The number of anilines is 1. The molecule has 1 aromatic carbocycles. The fourth-order valence-corrected chi connectivity index (χ4v) is 1.60. The van der Waals surface area contributed by atoms with Gasteiger partial charge in [0.1, 0.15) is 11.6 Å². The van der Waals surface area contributed by atoms with Gasteiger partial charge in [-0.15, -0.1) is 0 Å². The molecule has 5 heteroatoms. The summed E-state index contributed by atoms with van der Waals surface area (Å²) in [5, 5.41) is 0. The van der Waals surface area contributed by atoms with E-state index in [0.29, 0.717) is 31.1 Å². The van der Waals surface area contributed by atoms with Crippen LogP contribution >= 0.6 is 0 Å². The summed E-state index contributed by atoms with van der Waals surface area (Å²) in [5.41, 5.74) is 6.07. The van der Waals surface area contributed by atoms with Gasteiger partial charge < -0.3 is 15.2 Å². The number of unbranched alkanes of at least 4 members (excludes halogenated alkanes) is 2. The minimum absolute atomic E-state index is 0.169. The van der Waals surface area contributed by atoms with E-state index < -0.39 is 0 Å². The van der Waals surface area contributed by atoms with Gasteiger partial charge in [-0.2, -0.15) is 0 Å². The molecule has 0 bridgehead atoms. The van der Waals surface area contributed by atoms with E-state index in [0.717, 1.165) is 19.3 Å². The molecule has 0 unspecified atom stereocenters. The second-order valence-electron chi connectivity index (χ2n) is 4.15. The number of benzene rings is 1. The van der Waals surface area contributed by atoms with E-state index in [1.54, 1.807) is 6.92 Å². The lowest BCUT2D eigenvalue weighted by Gasteiger charge is -2.08. The van der Waals surface area contributed by atoms with Gasteiger partial charge in [0.2, 0.25) is 0 Å². The van der Waals surface area contributed by atoms with Crippen molar-refractivity contribution in [3.63, 3.8) is 0 Å². The average molecular weight is 269 g/mol. The SMILES string of the molecule is CCOC(=O)CCCCCOc1cc(F)ccc1N. The lowest BCUT2D eigenvalue weighted by molar-refractivity contribution is -0.143. The van der Waals surface area contributed by atoms with E-state index in [-0.39, 0.29) is 11.8 Å². The van der Waals surface area contributed by atoms with Crippen molar-refractivity contribution in [3.05, 3.63) is 24.0 Å². The van der Waals surface area contributed by atoms with Gasteiger partial charge in [-0.25, -0.2) is 4.39 Å². The number of carbonyl (C=O) groups excluding carboxylic acids is 1. The van der Waals surface area contributed by atoms with Gasteiger partial charge in [-0.1, -0.05) is 0 Å². The first kappa shape index (κ1) is 15.3. The number of esters is 1. The van der Waals surface area contributed by atoms with Crippen molar-refractivity contribution in [3.8, 4) is 5.75 Å². The van der Waals surface area contributed by atoms with Crippen molar-refractivity contribution in [2.45, 2.75) is 32.6 Å². The Balaban J connectivity index is 2.14. The standard InChI is InChI=1S/C14H20FNO3/c1-2-18-14(17)6-4-3-5-9-19-13-10-11(15)7-8-12(13)16/h7-8,10H,2-6,9,16H2,1H3. The molecule has 0 aliphatic rings. The highest BCUT2D eigenvalue weighted by molar-refractivity contribution is 5.69. The Hall–Kier alpha value is -1.78. The van der Waals surface area contributed by atoms with Crippen LogP contribution in [-0.4, -0.2) is 19.2 Å². The fourth-order valence-electron chi connectivity index (χ4n) is 1.60. The first-order valence-corrected chi connectivity index (χ1v) is 6.47. The van der Waals surface area contributed by atoms with Crippen LogP contribution in [0, 0.1) is 5.82 Å². The summed E-state index contributed by atoms with van der Waals surface area (Å²) in [6.07, 6.45) is 2.83. The number of rotatable bonds is 8. The van der Waals surface area contributed by atoms with Crippen LogP contribution in [0.5, 0.6) is 5.75 Å². The molecular formula is C14H20FNO3. The molecule has 19 heavy (non-hydrogen) atoms. The quantitative estimate of drug-likeness (QED) is 0.448. The minimum atomic E-state index is -0.369. The Kier molecular flexibility index (Phi) is 6.71. The van der Waals surface area contributed by atoms with Gasteiger partial charge in [0.15, 0.2) is 0 Å². The number of ether oxygens (including phenoxy) is 2. The summed E-state index contributed by atoms with van der Waals surface area (Å²) in [7, 11) is 0. The molecule has 4 nitrogen and oxygen atoms in total. The van der Waals surface area contributed by atoms with E-state index in [9.17, 15) is 9.18 Å². The second-order valence-corrected chi connectivity index (χ2v) is 4.15.